The van der Waals surface area contributed by atoms with Crippen molar-refractivity contribution in [3.05, 3.63) is 29.8 Å². The van der Waals surface area contributed by atoms with Gasteiger partial charge in [0.05, 0.1) is 11.9 Å². The summed E-state index contributed by atoms with van der Waals surface area (Å²) in [5.41, 5.74) is 0.870. The summed E-state index contributed by atoms with van der Waals surface area (Å²) in [5, 5.41) is 3.16. The van der Waals surface area contributed by atoms with Gasteiger partial charge in [0, 0.05) is 19.8 Å². The summed E-state index contributed by atoms with van der Waals surface area (Å²) in [5.74, 6) is -0.300. The topological polar surface area (TPSA) is 34.1 Å². The van der Waals surface area contributed by atoms with E-state index in [-0.39, 0.29) is 11.9 Å². The summed E-state index contributed by atoms with van der Waals surface area (Å²) in [6, 6.07) is 3.31. The van der Waals surface area contributed by atoms with Crippen molar-refractivity contribution in [1.29, 1.82) is 0 Å². The highest BCUT2D eigenvalue weighted by Gasteiger charge is 2.09. The Balaban J connectivity index is 2.53. The van der Waals surface area contributed by atoms with Crippen LogP contribution in [0, 0.1) is 5.82 Å². The molecule has 1 heterocycles. The molecule has 1 aromatic heterocycles. The third kappa shape index (κ3) is 3.93. The molecule has 0 aliphatic rings. The summed E-state index contributed by atoms with van der Waals surface area (Å²) in [6.45, 7) is 0.735. The number of hydrogen-bond donors (Lipinski definition) is 1. The summed E-state index contributed by atoms with van der Waals surface area (Å²) >= 11 is 0. The van der Waals surface area contributed by atoms with Crippen LogP contribution in [0.2, 0.25) is 0 Å². The van der Waals surface area contributed by atoms with E-state index >= 15 is 0 Å². The highest BCUT2D eigenvalue weighted by Crippen LogP contribution is 2.15. The van der Waals surface area contributed by atoms with Gasteiger partial charge in [0.15, 0.2) is 0 Å². The van der Waals surface area contributed by atoms with Crippen LogP contribution in [0.15, 0.2) is 18.3 Å². The lowest BCUT2D eigenvalue weighted by Gasteiger charge is -2.14. The van der Waals surface area contributed by atoms with Gasteiger partial charge in [0.25, 0.3) is 0 Å². The van der Waals surface area contributed by atoms with Crippen molar-refractivity contribution in [2.45, 2.75) is 18.9 Å². The molecule has 0 bridgehead atoms. The van der Waals surface area contributed by atoms with Crippen molar-refractivity contribution in [3.63, 3.8) is 0 Å². The Morgan fingerprint density at radius 1 is 1.53 bits per heavy atom. The van der Waals surface area contributed by atoms with E-state index in [1.807, 2.05) is 7.05 Å². The molecule has 0 saturated heterocycles. The van der Waals surface area contributed by atoms with Crippen molar-refractivity contribution in [2.75, 3.05) is 20.8 Å². The molecule has 4 heteroatoms. The minimum absolute atomic E-state index is 0.167. The molecular formula is C11H17FN2O. The number of nitrogens with zero attached hydrogens (tertiary/aromatic N) is 1. The first kappa shape index (κ1) is 12.1. The highest BCUT2D eigenvalue weighted by atomic mass is 19.1. The second kappa shape index (κ2) is 6.48. The molecule has 0 saturated carbocycles. The quantitative estimate of drug-likeness (QED) is 0.731. The minimum Gasteiger partial charge on any atom is -0.385 e. The van der Waals surface area contributed by atoms with E-state index in [0.29, 0.717) is 0 Å². The van der Waals surface area contributed by atoms with Crippen molar-refractivity contribution in [2.24, 2.45) is 0 Å². The molecule has 1 atom stereocenters. The summed E-state index contributed by atoms with van der Waals surface area (Å²) < 4.78 is 17.6. The van der Waals surface area contributed by atoms with Gasteiger partial charge in [-0.25, -0.2) is 4.39 Å². The Labute approximate surface area is 89.7 Å². The van der Waals surface area contributed by atoms with Gasteiger partial charge < -0.3 is 10.1 Å². The molecule has 84 valence electrons. The molecule has 0 fully saturated rings. The first-order valence-corrected chi connectivity index (χ1v) is 5.05. The molecule has 0 aliphatic carbocycles. The smallest absolute Gasteiger partial charge is 0.141 e. The van der Waals surface area contributed by atoms with Gasteiger partial charge in [0.2, 0.25) is 0 Å². The molecule has 15 heavy (non-hydrogen) atoms. The predicted molar refractivity (Wildman–Crippen MR) is 57.1 cm³/mol. The molecular weight excluding hydrogens is 195 g/mol. The van der Waals surface area contributed by atoms with E-state index in [2.05, 4.69) is 10.3 Å². The number of ether oxygens (including phenoxy) is 1. The number of methoxy groups -OCH3 is 1. The number of aromatic nitrogens is 1. The van der Waals surface area contributed by atoms with E-state index in [9.17, 15) is 4.39 Å². The van der Waals surface area contributed by atoms with Crippen molar-refractivity contribution in [3.8, 4) is 0 Å². The van der Waals surface area contributed by atoms with Gasteiger partial charge in [-0.2, -0.15) is 0 Å². The SMILES string of the molecule is CNC(CCCOC)c1ccc(F)cn1. The maximum absolute atomic E-state index is 12.7. The maximum Gasteiger partial charge on any atom is 0.141 e. The number of nitrogens with one attached hydrogen (secondary N) is 1. The van der Waals surface area contributed by atoms with Crippen LogP contribution in [0.3, 0.4) is 0 Å². The Hall–Kier alpha value is -1.00. The predicted octanol–water partition coefficient (Wildman–Crippen LogP) is 1.91. The Kier molecular flexibility index (Phi) is 5.21. The zero-order valence-electron chi connectivity index (χ0n) is 9.16. The van der Waals surface area contributed by atoms with Gasteiger partial charge in [-0.05, 0) is 32.0 Å². The molecule has 1 aromatic rings. The normalized spacial score (nSPS) is 12.7. The van der Waals surface area contributed by atoms with Gasteiger partial charge in [-0.3, -0.25) is 4.98 Å². The number of halogens is 1. The van der Waals surface area contributed by atoms with Crippen molar-refractivity contribution in [1.82, 2.24) is 10.3 Å². The van der Waals surface area contributed by atoms with Gasteiger partial charge in [-0.1, -0.05) is 0 Å². The third-order valence-electron chi connectivity index (χ3n) is 2.30. The monoisotopic (exact) mass is 212 g/mol. The molecule has 0 spiro atoms. The number of hydrogen-bond acceptors (Lipinski definition) is 3. The van der Waals surface area contributed by atoms with Crippen molar-refractivity contribution >= 4 is 0 Å². The van der Waals surface area contributed by atoms with E-state index in [0.717, 1.165) is 25.1 Å². The Morgan fingerprint density at radius 2 is 2.33 bits per heavy atom. The zero-order chi connectivity index (χ0) is 11.1. The second-order valence-corrected chi connectivity index (χ2v) is 3.38. The van der Waals surface area contributed by atoms with Crippen LogP contribution >= 0.6 is 0 Å². The van der Waals surface area contributed by atoms with Crippen LogP contribution in [-0.2, 0) is 4.74 Å². The largest absolute Gasteiger partial charge is 0.385 e. The average molecular weight is 212 g/mol. The average Bonchev–Trinajstić information content (AvgIpc) is 2.26. The van der Waals surface area contributed by atoms with Gasteiger partial charge in [0.1, 0.15) is 5.82 Å². The first-order valence-electron chi connectivity index (χ1n) is 5.05. The molecule has 0 aromatic carbocycles. The minimum atomic E-state index is -0.300. The highest BCUT2D eigenvalue weighted by molar-refractivity contribution is 5.09. The Bertz CT molecular complexity index is 276. The van der Waals surface area contributed by atoms with Gasteiger partial charge in [-0.15, -0.1) is 0 Å². The van der Waals surface area contributed by atoms with E-state index < -0.39 is 0 Å². The molecule has 0 radical (unpaired) electrons. The van der Waals surface area contributed by atoms with E-state index in [1.54, 1.807) is 13.2 Å². The molecule has 1 rings (SSSR count). The fourth-order valence-electron chi connectivity index (χ4n) is 1.47. The summed E-state index contributed by atoms with van der Waals surface area (Å²) in [4.78, 5) is 4.05. The summed E-state index contributed by atoms with van der Waals surface area (Å²) in [6.07, 6.45) is 3.14. The van der Waals surface area contributed by atoms with Crippen LogP contribution in [0.1, 0.15) is 24.6 Å². The number of pyridine rings is 1. The second-order valence-electron chi connectivity index (χ2n) is 3.38. The van der Waals surface area contributed by atoms with Crippen LogP contribution in [0.5, 0.6) is 0 Å². The van der Waals surface area contributed by atoms with Crippen LogP contribution < -0.4 is 5.32 Å². The third-order valence-corrected chi connectivity index (χ3v) is 2.30. The molecule has 1 unspecified atom stereocenters. The molecule has 0 amide bonds. The fourth-order valence-corrected chi connectivity index (χ4v) is 1.47. The Morgan fingerprint density at radius 3 is 2.87 bits per heavy atom. The standard InChI is InChI=1S/C11H17FN2O/c1-13-10(4-3-7-15-2)11-6-5-9(12)8-14-11/h5-6,8,10,13H,3-4,7H2,1-2H3. The van der Waals surface area contributed by atoms with Crippen LogP contribution in [0.4, 0.5) is 4.39 Å². The first-order chi connectivity index (χ1) is 7.27. The summed E-state index contributed by atoms with van der Waals surface area (Å²) in [7, 11) is 3.56. The lowest BCUT2D eigenvalue weighted by Crippen LogP contribution is -2.18. The zero-order valence-corrected chi connectivity index (χ0v) is 9.16. The molecule has 1 N–H and O–H groups in total. The number of rotatable bonds is 6. The molecule has 0 aliphatic heterocycles. The van der Waals surface area contributed by atoms with Crippen LogP contribution in [0.25, 0.3) is 0 Å². The van der Waals surface area contributed by atoms with Crippen LogP contribution in [-0.4, -0.2) is 25.7 Å². The fraction of sp³-hybridized carbons (Fsp3) is 0.545. The molecule has 3 nitrogen and oxygen atoms in total. The lowest BCUT2D eigenvalue weighted by molar-refractivity contribution is 0.189. The van der Waals surface area contributed by atoms with E-state index in [4.69, 9.17) is 4.74 Å². The lowest BCUT2D eigenvalue weighted by atomic mass is 10.1. The maximum atomic E-state index is 12.7. The van der Waals surface area contributed by atoms with Crippen molar-refractivity contribution < 1.29 is 9.13 Å². The van der Waals surface area contributed by atoms with Gasteiger partial charge >= 0.3 is 0 Å². The van der Waals surface area contributed by atoms with E-state index in [1.165, 1.54) is 12.3 Å².